The van der Waals surface area contributed by atoms with Crippen molar-refractivity contribution >= 4 is 45.0 Å². The number of thioether (sulfide) groups is 1. The van der Waals surface area contributed by atoms with Crippen molar-refractivity contribution in [3.05, 3.63) is 52.5 Å². The molecular formula is C15H13BrN2OS. The van der Waals surface area contributed by atoms with Gasteiger partial charge in [-0.3, -0.25) is 4.79 Å². The minimum atomic E-state index is -0.348. The maximum absolute atomic E-state index is 12.1. The normalized spacial score (nSPS) is 16.7. The smallest absolute Gasteiger partial charge is 0.251 e. The number of hydrogen-bond acceptors (Lipinski definition) is 3. The fourth-order valence-electron chi connectivity index (χ4n) is 2.26. The summed E-state index contributed by atoms with van der Waals surface area (Å²) in [6.45, 7) is 0. The second kappa shape index (κ2) is 5.50. The van der Waals surface area contributed by atoms with E-state index in [0.717, 1.165) is 21.4 Å². The number of nitrogens with one attached hydrogen (secondary N) is 2. The Morgan fingerprint density at radius 2 is 2.10 bits per heavy atom. The monoisotopic (exact) mass is 348 g/mol. The van der Waals surface area contributed by atoms with Crippen LogP contribution in [0.4, 0.5) is 11.4 Å². The Morgan fingerprint density at radius 3 is 2.90 bits per heavy atom. The lowest BCUT2D eigenvalue weighted by molar-refractivity contribution is -0.116. The Labute approximate surface area is 130 Å². The lowest BCUT2D eigenvalue weighted by atomic mass is 10.1. The van der Waals surface area contributed by atoms with E-state index in [1.807, 2.05) is 42.7 Å². The lowest BCUT2D eigenvalue weighted by Gasteiger charge is -2.14. The van der Waals surface area contributed by atoms with E-state index in [1.165, 1.54) is 4.90 Å². The Kier molecular flexibility index (Phi) is 3.72. The first-order valence-corrected chi connectivity index (χ1v) is 8.20. The van der Waals surface area contributed by atoms with Crippen LogP contribution >= 0.6 is 27.7 Å². The lowest BCUT2D eigenvalue weighted by Crippen LogP contribution is -2.19. The van der Waals surface area contributed by atoms with Crippen LogP contribution < -0.4 is 10.6 Å². The van der Waals surface area contributed by atoms with Gasteiger partial charge in [-0.05, 0) is 42.7 Å². The molecule has 2 aromatic rings. The molecule has 1 unspecified atom stereocenters. The molecule has 102 valence electrons. The Hall–Kier alpha value is -1.46. The van der Waals surface area contributed by atoms with Crippen LogP contribution in [0.25, 0.3) is 0 Å². The average molecular weight is 349 g/mol. The summed E-state index contributed by atoms with van der Waals surface area (Å²) in [5.74, 6) is -0.0207. The maximum Gasteiger partial charge on any atom is 0.251 e. The van der Waals surface area contributed by atoms with Crippen LogP contribution in [0.15, 0.2) is 51.8 Å². The molecule has 0 bridgehead atoms. The number of fused-ring (bicyclic) bond motifs is 1. The molecule has 20 heavy (non-hydrogen) atoms. The van der Waals surface area contributed by atoms with Gasteiger partial charge in [0.15, 0.2) is 0 Å². The number of hydrogen-bond donors (Lipinski definition) is 2. The number of carbonyl (C=O) groups excluding carboxylic acids is 1. The minimum absolute atomic E-state index is 0.0207. The second-order valence-electron chi connectivity index (χ2n) is 4.53. The van der Waals surface area contributed by atoms with E-state index in [1.54, 1.807) is 11.8 Å². The van der Waals surface area contributed by atoms with Crippen molar-refractivity contribution < 1.29 is 4.79 Å². The van der Waals surface area contributed by atoms with Gasteiger partial charge in [-0.2, -0.15) is 0 Å². The van der Waals surface area contributed by atoms with Crippen LogP contribution in [0.3, 0.4) is 0 Å². The van der Waals surface area contributed by atoms with E-state index < -0.39 is 0 Å². The first kappa shape index (κ1) is 13.5. The van der Waals surface area contributed by atoms with Gasteiger partial charge in [0, 0.05) is 26.3 Å². The fraction of sp³-hybridized carbons (Fsp3) is 0.133. The van der Waals surface area contributed by atoms with Crippen molar-refractivity contribution in [1.82, 2.24) is 0 Å². The zero-order valence-corrected chi connectivity index (χ0v) is 13.2. The number of carbonyl (C=O) groups is 1. The molecule has 0 radical (unpaired) electrons. The standard InChI is InChI=1S/C15H13BrN2OS/c1-20-11-4-2-3-10(8-11)17-14-12-7-9(16)5-6-13(12)18-15(14)19/h2-8,14,17H,1H3,(H,18,19). The third kappa shape index (κ3) is 2.55. The van der Waals surface area contributed by atoms with Crippen LogP contribution in [-0.2, 0) is 4.79 Å². The third-order valence-electron chi connectivity index (χ3n) is 3.23. The van der Waals surface area contributed by atoms with Crippen LogP contribution in [0, 0.1) is 0 Å². The van der Waals surface area contributed by atoms with Gasteiger partial charge in [-0.15, -0.1) is 11.8 Å². The summed E-state index contributed by atoms with van der Waals surface area (Å²) in [5, 5.41) is 6.20. The molecule has 0 aromatic heterocycles. The highest BCUT2D eigenvalue weighted by Gasteiger charge is 2.30. The molecule has 5 heteroatoms. The van der Waals surface area contributed by atoms with E-state index in [2.05, 4.69) is 32.6 Å². The third-order valence-corrected chi connectivity index (χ3v) is 4.44. The van der Waals surface area contributed by atoms with Gasteiger partial charge in [-0.1, -0.05) is 22.0 Å². The van der Waals surface area contributed by atoms with E-state index in [4.69, 9.17) is 0 Å². The van der Waals surface area contributed by atoms with E-state index in [-0.39, 0.29) is 11.9 Å². The van der Waals surface area contributed by atoms with Gasteiger partial charge < -0.3 is 10.6 Å². The molecule has 1 aliphatic rings. The van der Waals surface area contributed by atoms with Gasteiger partial charge in [0.1, 0.15) is 6.04 Å². The molecule has 0 fully saturated rings. The predicted octanol–water partition coefficient (Wildman–Crippen LogP) is 4.28. The van der Waals surface area contributed by atoms with Gasteiger partial charge >= 0.3 is 0 Å². The number of rotatable bonds is 3. The number of halogens is 1. The van der Waals surface area contributed by atoms with E-state index in [0.29, 0.717) is 0 Å². The quantitative estimate of drug-likeness (QED) is 0.813. The molecule has 3 nitrogen and oxygen atoms in total. The highest BCUT2D eigenvalue weighted by molar-refractivity contribution is 9.10. The van der Waals surface area contributed by atoms with Crippen molar-refractivity contribution in [2.45, 2.75) is 10.9 Å². The highest BCUT2D eigenvalue weighted by atomic mass is 79.9. The van der Waals surface area contributed by atoms with Crippen LogP contribution in [0.5, 0.6) is 0 Å². The van der Waals surface area contributed by atoms with E-state index >= 15 is 0 Å². The van der Waals surface area contributed by atoms with Gasteiger partial charge in [0.2, 0.25) is 0 Å². The van der Waals surface area contributed by atoms with Crippen LogP contribution in [-0.4, -0.2) is 12.2 Å². The molecule has 0 spiro atoms. The number of benzene rings is 2. The van der Waals surface area contributed by atoms with Crippen LogP contribution in [0.2, 0.25) is 0 Å². The Balaban J connectivity index is 1.91. The zero-order chi connectivity index (χ0) is 14.1. The fourth-order valence-corrected chi connectivity index (χ4v) is 3.09. The number of amides is 1. The predicted molar refractivity (Wildman–Crippen MR) is 87.4 cm³/mol. The van der Waals surface area contributed by atoms with Gasteiger partial charge in [0.25, 0.3) is 5.91 Å². The largest absolute Gasteiger partial charge is 0.370 e. The highest BCUT2D eigenvalue weighted by Crippen LogP contribution is 2.35. The SMILES string of the molecule is CSc1cccc(NC2C(=O)Nc3ccc(Br)cc32)c1. The second-order valence-corrected chi connectivity index (χ2v) is 6.33. The van der Waals surface area contributed by atoms with Crippen LogP contribution in [0.1, 0.15) is 11.6 Å². The maximum atomic E-state index is 12.1. The molecule has 1 amide bonds. The summed E-state index contributed by atoms with van der Waals surface area (Å²) in [6, 6.07) is 13.5. The van der Waals surface area contributed by atoms with Crippen molar-refractivity contribution in [3.63, 3.8) is 0 Å². The summed E-state index contributed by atoms with van der Waals surface area (Å²) >= 11 is 5.13. The van der Waals surface area contributed by atoms with Crippen molar-refractivity contribution in [3.8, 4) is 0 Å². The molecule has 2 aromatic carbocycles. The molecule has 1 aliphatic heterocycles. The zero-order valence-electron chi connectivity index (χ0n) is 10.8. The summed E-state index contributed by atoms with van der Waals surface area (Å²) in [5.41, 5.74) is 2.79. The summed E-state index contributed by atoms with van der Waals surface area (Å²) in [7, 11) is 0. The molecule has 2 N–H and O–H groups in total. The number of anilines is 2. The van der Waals surface area contributed by atoms with E-state index in [9.17, 15) is 4.79 Å². The minimum Gasteiger partial charge on any atom is -0.370 e. The molecular weight excluding hydrogens is 336 g/mol. The van der Waals surface area contributed by atoms with Gasteiger partial charge in [-0.25, -0.2) is 0 Å². The molecule has 3 rings (SSSR count). The molecule has 0 saturated heterocycles. The molecule has 0 saturated carbocycles. The first-order chi connectivity index (χ1) is 9.67. The first-order valence-electron chi connectivity index (χ1n) is 6.18. The Bertz CT molecular complexity index is 675. The topological polar surface area (TPSA) is 41.1 Å². The summed E-state index contributed by atoms with van der Waals surface area (Å²) < 4.78 is 0.970. The average Bonchev–Trinajstić information content (AvgIpc) is 2.75. The molecule has 1 heterocycles. The summed E-state index contributed by atoms with van der Waals surface area (Å²) in [4.78, 5) is 13.3. The Morgan fingerprint density at radius 1 is 1.25 bits per heavy atom. The van der Waals surface area contributed by atoms with Gasteiger partial charge in [0.05, 0.1) is 0 Å². The van der Waals surface area contributed by atoms with Crippen molar-refractivity contribution in [2.24, 2.45) is 0 Å². The van der Waals surface area contributed by atoms with Crippen molar-refractivity contribution in [2.75, 3.05) is 16.9 Å². The molecule has 0 aliphatic carbocycles. The summed E-state index contributed by atoms with van der Waals surface area (Å²) in [6.07, 6.45) is 2.04. The van der Waals surface area contributed by atoms with Crippen molar-refractivity contribution in [1.29, 1.82) is 0 Å². The molecule has 1 atom stereocenters.